The van der Waals surface area contributed by atoms with Crippen LogP contribution in [0.5, 0.6) is 5.75 Å². The van der Waals surface area contributed by atoms with E-state index in [1.807, 2.05) is 27.2 Å². The summed E-state index contributed by atoms with van der Waals surface area (Å²) in [6, 6.07) is 20.6. The van der Waals surface area contributed by atoms with Gasteiger partial charge in [0.2, 0.25) is 5.95 Å². The topological polar surface area (TPSA) is 164 Å². The fourth-order valence-electron chi connectivity index (χ4n) is 6.10. The lowest BCUT2D eigenvalue weighted by Gasteiger charge is -2.36. The number of nitrogens with zero attached hydrogens (tertiary/aromatic N) is 5. The number of esters is 1. The summed E-state index contributed by atoms with van der Waals surface area (Å²) in [7, 11) is 7.25. The maximum atomic E-state index is 13.5. The molecule has 0 unspecified atom stereocenters. The monoisotopic (exact) mass is 728 g/mol. The van der Waals surface area contributed by atoms with Gasteiger partial charge in [0, 0.05) is 17.8 Å². The molecule has 0 fully saturated rings. The van der Waals surface area contributed by atoms with E-state index >= 15 is 0 Å². The number of aromatic amines is 1. The molecule has 274 valence electrons. The summed E-state index contributed by atoms with van der Waals surface area (Å²) in [6.07, 6.45) is -4.08. The van der Waals surface area contributed by atoms with Gasteiger partial charge >= 0.3 is 23.8 Å². The predicted octanol–water partition coefficient (Wildman–Crippen LogP) is 5.51. The summed E-state index contributed by atoms with van der Waals surface area (Å²) in [6.45, 7) is 2.26. The van der Waals surface area contributed by atoms with Gasteiger partial charge in [0.25, 0.3) is 0 Å². The molecule has 53 heavy (non-hydrogen) atoms. The Bertz CT molecular complexity index is 2350. The van der Waals surface area contributed by atoms with Gasteiger partial charge in [0.1, 0.15) is 6.04 Å². The third kappa shape index (κ3) is 7.77. The van der Waals surface area contributed by atoms with E-state index in [1.54, 1.807) is 49.4 Å². The minimum absolute atomic E-state index is 0.0105. The smallest absolute Gasteiger partial charge is 0.416 e. The Morgan fingerprint density at radius 2 is 1.77 bits per heavy atom. The molecule has 1 aromatic heterocycles. The Kier molecular flexibility index (Phi) is 10.5. The summed E-state index contributed by atoms with van der Waals surface area (Å²) in [4.78, 5) is 38.4. The number of nitrogens with one attached hydrogen (secondary N) is 1. The molecule has 1 aliphatic rings. The number of methoxy groups -OCH3 is 1. The van der Waals surface area contributed by atoms with Crippen molar-refractivity contribution in [2.24, 2.45) is 0 Å². The van der Waals surface area contributed by atoms with Gasteiger partial charge < -0.3 is 19.4 Å². The average molecular weight is 729 g/mol. The lowest BCUT2D eigenvalue weighted by atomic mass is 9.89. The van der Waals surface area contributed by atoms with Crippen molar-refractivity contribution in [2.75, 3.05) is 39.7 Å². The van der Waals surface area contributed by atoms with Crippen LogP contribution in [0, 0.1) is 11.3 Å². The van der Waals surface area contributed by atoms with Gasteiger partial charge in [0.15, 0.2) is 0 Å². The predicted molar refractivity (Wildman–Crippen MR) is 187 cm³/mol. The van der Waals surface area contributed by atoms with E-state index in [-0.39, 0.29) is 28.5 Å². The number of rotatable bonds is 7. The number of halogens is 3. The highest BCUT2D eigenvalue weighted by molar-refractivity contribution is 6.00. The molecular formula is C38H35F3N6O6. The highest BCUT2D eigenvalue weighted by atomic mass is 19.4. The largest absolute Gasteiger partial charge is 0.871 e. The van der Waals surface area contributed by atoms with Gasteiger partial charge in [-0.1, -0.05) is 48.2 Å². The molecule has 5 aromatic rings. The van der Waals surface area contributed by atoms with Crippen LogP contribution in [0.15, 0.2) is 94.9 Å². The summed E-state index contributed by atoms with van der Waals surface area (Å²) >= 11 is 0. The van der Waals surface area contributed by atoms with Crippen LogP contribution in [-0.2, 0) is 22.1 Å². The van der Waals surface area contributed by atoms with Crippen molar-refractivity contribution < 1.29 is 42.2 Å². The number of quaternary nitrogens is 1. The van der Waals surface area contributed by atoms with Gasteiger partial charge in [-0.2, -0.15) is 18.4 Å². The summed E-state index contributed by atoms with van der Waals surface area (Å²) in [5.74, 6) is -2.34. The van der Waals surface area contributed by atoms with Crippen LogP contribution in [0.4, 0.5) is 24.8 Å². The number of hydrogen-bond acceptors (Lipinski definition) is 8. The third-order valence-electron chi connectivity index (χ3n) is 8.71. The molecule has 0 bridgehead atoms. The van der Waals surface area contributed by atoms with E-state index in [2.05, 4.69) is 16.3 Å². The molecule has 0 spiro atoms. The number of aromatic carboxylic acids is 1. The molecule has 1 atom stereocenters. The molecular weight excluding hydrogens is 693 g/mol. The Labute approximate surface area is 301 Å². The molecule has 2 N–H and O–H groups in total. The number of aromatic nitrogens is 3. The van der Waals surface area contributed by atoms with Crippen LogP contribution in [0.1, 0.15) is 45.6 Å². The molecule has 0 amide bonds. The van der Waals surface area contributed by atoms with E-state index in [1.165, 1.54) is 34.8 Å². The van der Waals surface area contributed by atoms with Crippen molar-refractivity contribution in [3.8, 4) is 11.8 Å². The summed E-state index contributed by atoms with van der Waals surface area (Å²) in [5.41, 5.74) is 0.370. The maximum Gasteiger partial charge on any atom is 0.416 e. The van der Waals surface area contributed by atoms with Crippen molar-refractivity contribution in [1.29, 1.82) is 5.26 Å². The Hall–Kier alpha value is -6.40. The van der Waals surface area contributed by atoms with Crippen LogP contribution in [0.3, 0.4) is 0 Å². The number of likely N-dealkylation sites (N-methyl/N-ethyl adjacent to an activating group) is 1. The Morgan fingerprint density at radius 3 is 2.42 bits per heavy atom. The highest BCUT2D eigenvalue weighted by Crippen LogP contribution is 2.43. The lowest BCUT2D eigenvalue weighted by molar-refractivity contribution is -0.870. The average Bonchev–Trinajstić information content (AvgIpc) is 3.49. The zero-order valence-corrected chi connectivity index (χ0v) is 29.4. The fraction of sp³-hybridized carbons (Fsp3) is 0.237. The van der Waals surface area contributed by atoms with Crippen LogP contribution < -0.4 is 15.7 Å². The van der Waals surface area contributed by atoms with E-state index in [0.717, 1.165) is 23.1 Å². The molecule has 12 nitrogen and oxygen atoms in total. The van der Waals surface area contributed by atoms with Crippen LogP contribution in [-0.4, -0.2) is 71.1 Å². The van der Waals surface area contributed by atoms with Crippen LogP contribution in [0.25, 0.3) is 10.8 Å². The molecule has 15 heteroatoms. The lowest BCUT2D eigenvalue weighted by Crippen LogP contribution is -2.39. The van der Waals surface area contributed by atoms with Gasteiger partial charge in [-0.3, -0.25) is 4.90 Å². The Morgan fingerprint density at radius 1 is 1.06 bits per heavy atom. The van der Waals surface area contributed by atoms with Gasteiger partial charge in [-0.15, -0.1) is 5.10 Å². The second-order valence-corrected chi connectivity index (χ2v) is 13.2. The number of anilines is 2. The van der Waals surface area contributed by atoms with Gasteiger partial charge in [-0.25, -0.2) is 24.0 Å². The van der Waals surface area contributed by atoms with E-state index in [4.69, 9.17) is 9.84 Å². The number of benzene rings is 4. The first-order chi connectivity index (χ1) is 25.0. The molecule has 0 saturated carbocycles. The molecule has 6 rings (SSSR count). The number of allylic oxidation sites excluding steroid dienone is 1. The van der Waals surface area contributed by atoms with E-state index < -0.39 is 41.2 Å². The summed E-state index contributed by atoms with van der Waals surface area (Å²) in [5, 5.41) is 37.6. The molecule has 4 aromatic carbocycles. The second-order valence-electron chi connectivity index (χ2n) is 13.2. The zero-order valence-electron chi connectivity index (χ0n) is 29.4. The minimum Gasteiger partial charge on any atom is -0.871 e. The van der Waals surface area contributed by atoms with Crippen molar-refractivity contribution in [3.05, 3.63) is 128 Å². The second kappa shape index (κ2) is 14.7. The van der Waals surface area contributed by atoms with Crippen LogP contribution in [0.2, 0.25) is 0 Å². The molecule has 0 aliphatic carbocycles. The zero-order chi connectivity index (χ0) is 38.8. The number of ether oxygens (including phenoxy) is 1. The number of alkyl halides is 3. The summed E-state index contributed by atoms with van der Waals surface area (Å²) < 4.78 is 47.6. The van der Waals surface area contributed by atoms with Crippen LogP contribution >= 0.6 is 0 Å². The minimum atomic E-state index is -4.61. The fourth-order valence-corrected chi connectivity index (χ4v) is 6.10. The standard InChI is InChI=1S/C27H27F3N6O3.C11H8O3/c1-16-22(24(37)39-5)23(21-10-9-17(15-31)13-18(21)11-12-36(2,3)4)35-25(32-33-26(35)38)34(16)20-8-6-7-19(14-20)27(28,29)30;12-10-8-4-2-1-3-7(8)5-6-9(10)11(13)14/h6-10,13-14,23H,11-12H2,1-5H3;1-6,12H,(H,13,14)/t23-;/m1./s1. The normalized spacial score (nSPS) is 14.2. The first-order valence-electron chi connectivity index (χ1n) is 16.2. The maximum absolute atomic E-state index is 13.5. The Balaban J connectivity index is 0.000000322. The third-order valence-corrected chi connectivity index (χ3v) is 8.71. The van der Waals surface area contributed by atoms with Gasteiger partial charge in [0.05, 0.1) is 63.1 Å². The van der Waals surface area contributed by atoms with E-state index in [9.17, 15) is 37.9 Å². The number of carboxylic acids is 1. The first kappa shape index (κ1) is 37.8. The van der Waals surface area contributed by atoms with Crippen molar-refractivity contribution in [2.45, 2.75) is 25.6 Å². The molecule has 0 radical (unpaired) electrons. The number of H-pyrrole nitrogens is 1. The van der Waals surface area contributed by atoms with Crippen molar-refractivity contribution in [1.82, 2.24) is 14.8 Å². The number of carbonyl (C=O) groups is 2. The number of nitriles is 1. The highest BCUT2D eigenvalue weighted by Gasteiger charge is 2.41. The molecule has 0 saturated heterocycles. The number of hydrogen-bond donors (Lipinski definition) is 2. The van der Waals surface area contributed by atoms with Crippen molar-refractivity contribution >= 4 is 34.3 Å². The van der Waals surface area contributed by atoms with E-state index in [0.29, 0.717) is 34.0 Å². The SMILES string of the molecule is COC(=O)C1=C(C)N(c2cccc(C(F)(F)F)c2)c2n[nH]c(=O)n2[C@@H]1c1ccc(C#N)cc1CC[N+](C)(C)C.O=C(O)c1ccc2ccccc2c1[O-]. The van der Waals surface area contributed by atoms with Crippen molar-refractivity contribution in [3.63, 3.8) is 0 Å². The quantitative estimate of drug-likeness (QED) is 0.162. The molecule has 2 heterocycles. The number of carboxylic acid groups (broad SMARTS) is 1. The van der Waals surface area contributed by atoms with Gasteiger partial charge in [-0.05, 0) is 65.2 Å². The first-order valence-corrected chi connectivity index (χ1v) is 16.2. The number of fused-ring (bicyclic) bond motifs is 2. The molecule has 1 aliphatic heterocycles. The number of carbonyl (C=O) groups excluding carboxylic acids is 1.